The van der Waals surface area contributed by atoms with Crippen LogP contribution in [-0.2, 0) is 9.59 Å². The van der Waals surface area contributed by atoms with Gasteiger partial charge in [-0.1, -0.05) is 227 Å². The van der Waals surface area contributed by atoms with Gasteiger partial charge in [0.2, 0.25) is 11.8 Å². The van der Waals surface area contributed by atoms with Crippen molar-refractivity contribution in [2.75, 3.05) is 72.0 Å². The van der Waals surface area contributed by atoms with Crippen LogP contribution >= 0.6 is 0 Å². The van der Waals surface area contributed by atoms with Gasteiger partial charge in [-0.3, -0.25) is 14.5 Å². The molecular formula is C54H109N5O2. The lowest BCUT2D eigenvalue weighted by atomic mass is 10.0. The molecule has 0 saturated carbocycles. The lowest BCUT2D eigenvalue weighted by Gasteiger charge is -2.37. The first-order valence-electron chi connectivity index (χ1n) is 27.7. The number of amides is 2. The minimum absolute atomic E-state index is 0.0870. The van der Waals surface area contributed by atoms with E-state index in [1.807, 2.05) is 0 Å². The molecule has 0 bridgehead atoms. The summed E-state index contributed by atoms with van der Waals surface area (Å²) in [6, 6.07) is -0.0870. The summed E-state index contributed by atoms with van der Waals surface area (Å²) >= 11 is 0. The SMILES string of the molecule is CCCCCCCCCNC(CCCCCCCC)C(=O)N1CCN(C(=O)CN(CCCCCCCCC)CCN(CCCCCCCCC)CCCCCCCCC)CC1. The van der Waals surface area contributed by atoms with Crippen LogP contribution in [0.1, 0.15) is 259 Å². The Bertz CT molecular complexity index is 922. The molecule has 0 spiro atoms. The Kier molecular flexibility index (Phi) is 41.8. The lowest BCUT2D eigenvalue weighted by Crippen LogP contribution is -2.56. The highest BCUT2D eigenvalue weighted by Crippen LogP contribution is 2.15. The Morgan fingerprint density at radius 2 is 0.721 bits per heavy atom. The molecule has 0 radical (unpaired) electrons. The highest BCUT2D eigenvalue weighted by atomic mass is 16.2. The van der Waals surface area contributed by atoms with Gasteiger partial charge in [-0.15, -0.1) is 0 Å². The molecule has 1 aliphatic rings. The summed E-state index contributed by atoms with van der Waals surface area (Å²) < 4.78 is 0. The Morgan fingerprint density at radius 1 is 0.393 bits per heavy atom. The molecule has 1 atom stereocenters. The molecule has 0 aliphatic carbocycles. The topological polar surface area (TPSA) is 59.1 Å². The number of nitrogens with one attached hydrogen (secondary N) is 1. The van der Waals surface area contributed by atoms with Crippen LogP contribution in [0.25, 0.3) is 0 Å². The van der Waals surface area contributed by atoms with E-state index in [-0.39, 0.29) is 17.9 Å². The Hall–Kier alpha value is -1.18. The second-order valence-electron chi connectivity index (χ2n) is 19.4. The van der Waals surface area contributed by atoms with Crippen LogP contribution < -0.4 is 5.32 Å². The van der Waals surface area contributed by atoms with Crippen LogP contribution in [-0.4, -0.2) is 109 Å². The van der Waals surface area contributed by atoms with E-state index in [1.54, 1.807) is 0 Å². The van der Waals surface area contributed by atoms with E-state index in [4.69, 9.17) is 0 Å². The maximum absolute atomic E-state index is 14.0. The van der Waals surface area contributed by atoms with Gasteiger partial charge >= 0.3 is 0 Å². The van der Waals surface area contributed by atoms with Crippen LogP contribution in [0.5, 0.6) is 0 Å². The second kappa shape index (κ2) is 44.0. The van der Waals surface area contributed by atoms with E-state index in [0.29, 0.717) is 32.7 Å². The van der Waals surface area contributed by atoms with Crippen LogP contribution in [0.15, 0.2) is 0 Å². The van der Waals surface area contributed by atoms with Crippen molar-refractivity contribution in [2.45, 2.75) is 265 Å². The molecule has 1 heterocycles. The first-order chi connectivity index (χ1) is 30.0. The second-order valence-corrected chi connectivity index (χ2v) is 19.4. The van der Waals surface area contributed by atoms with Gasteiger partial charge in [0.1, 0.15) is 0 Å². The van der Waals surface area contributed by atoms with Gasteiger partial charge in [0.25, 0.3) is 0 Å². The molecule has 1 unspecified atom stereocenters. The average molecular weight is 860 g/mol. The number of nitrogens with zero attached hydrogens (tertiary/aromatic N) is 4. The molecule has 1 rings (SSSR count). The molecule has 1 N–H and O–H groups in total. The summed E-state index contributed by atoms with van der Waals surface area (Å²) in [6.45, 7) is 21.0. The molecule has 7 nitrogen and oxygen atoms in total. The highest BCUT2D eigenvalue weighted by Gasteiger charge is 2.29. The van der Waals surface area contributed by atoms with Gasteiger partial charge in [0.05, 0.1) is 12.6 Å². The standard InChI is InChI=1S/C54H109N5O2/c1-6-11-16-21-26-31-36-41-55-52(40-35-30-25-20-15-10-5)54(61)59-49-47-58(48-50-59)53(60)51-57(44-39-34-29-24-19-14-9-4)46-45-56(42-37-32-27-22-17-12-7-2)43-38-33-28-23-18-13-8-3/h52,55H,6-51H2,1-5H3. The normalized spacial score (nSPS) is 13.9. The number of carbonyl (C=O) groups excluding carboxylic acids is 2. The predicted molar refractivity (Wildman–Crippen MR) is 268 cm³/mol. The highest BCUT2D eigenvalue weighted by molar-refractivity contribution is 5.83. The van der Waals surface area contributed by atoms with E-state index >= 15 is 0 Å². The largest absolute Gasteiger partial charge is 0.338 e. The zero-order chi connectivity index (χ0) is 44.3. The van der Waals surface area contributed by atoms with Gasteiger partial charge in [-0.2, -0.15) is 0 Å². The van der Waals surface area contributed by atoms with Crippen molar-refractivity contribution in [3.63, 3.8) is 0 Å². The summed E-state index contributed by atoms with van der Waals surface area (Å²) in [6.07, 6.45) is 45.6. The molecule has 0 aromatic rings. The number of hydrogen-bond acceptors (Lipinski definition) is 5. The van der Waals surface area contributed by atoms with E-state index in [9.17, 15) is 9.59 Å². The lowest BCUT2D eigenvalue weighted by molar-refractivity contribution is -0.141. The van der Waals surface area contributed by atoms with Crippen molar-refractivity contribution in [3.05, 3.63) is 0 Å². The van der Waals surface area contributed by atoms with E-state index in [2.05, 4.69) is 59.5 Å². The third-order valence-electron chi connectivity index (χ3n) is 13.6. The molecule has 1 fully saturated rings. The maximum Gasteiger partial charge on any atom is 0.239 e. The molecule has 61 heavy (non-hydrogen) atoms. The van der Waals surface area contributed by atoms with Crippen LogP contribution in [0.4, 0.5) is 0 Å². The van der Waals surface area contributed by atoms with Gasteiger partial charge in [0, 0.05) is 39.3 Å². The molecule has 1 saturated heterocycles. The Labute approximate surface area is 382 Å². The number of rotatable bonds is 46. The average Bonchev–Trinajstić information content (AvgIpc) is 3.27. The first-order valence-corrected chi connectivity index (χ1v) is 27.7. The number of carbonyl (C=O) groups is 2. The Balaban J connectivity index is 2.80. The zero-order valence-corrected chi connectivity index (χ0v) is 42.2. The van der Waals surface area contributed by atoms with Crippen LogP contribution in [0.3, 0.4) is 0 Å². The molecule has 7 heteroatoms. The first kappa shape index (κ1) is 57.8. The quantitative estimate of drug-likeness (QED) is 0.0618. The maximum atomic E-state index is 14.0. The van der Waals surface area contributed by atoms with Gasteiger partial charge in [-0.05, 0) is 58.3 Å². The van der Waals surface area contributed by atoms with Crippen molar-refractivity contribution in [1.82, 2.24) is 24.9 Å². The zero-order valence-electron chi connectivity index (χ0n) is 42.2. The van der Waals surface area contributed by atoms with Gasteiger partial charge in [0.15, 0.2) is 0 Å². The molecule has 0 aromatic carbocycles. The summed E-state index contributed by atoms with van der Waals surface area (Å²) in [5.74, 6) is 0.535. The summed E-state index contributed by atoms with van der Waals surface area (Å²) in [5, 5.41) is 3.71. The minimum atomic E-state index is -0.0870. The molecular weight excluding hydrogens is 751 g/mol. The summed E-state index contributed by atoms with van der Waals surface area (Å²) in [7, 11) is 0. The molecule has 0 aromatic heterocycles. The molecule has 2 amide bonds. The smallest absolute Gasteiger partial charge is 0.239 e. The minimum Gasteiger partial charge on any atom is -0.338 e. The van der Waals surface area contributed by atoms with Crippen molar-refractivity contribution >= 4 is 11.8 Å². The van der Waals surface area contributed by atoms with Crippen LogP contribution in [0.2, 0.25) is 0 Å². The van der Waals surface area contributed by atoms with Gasteiger partial charge in [-0.25, -0.2) is 0 Å². The van der Waals surface area contributed by atoms with Crippen molar-refractivity contribution in [2.24, 2.45) is 0 Å². The molecule has 1 aliphatic heterocycles. The number of unbranched alkanes of at least 4 members (excludes halogenated alkanes) is 29. The van der Waals surface area contributed by atoms with E-state index in [0.717, 1.165) is 45.4 Å². The fraction of sp³-hybridized carbons (Fsp3) is 0.963. The fourth-order valence-corrected chi connectivity index (χ4v) is 9.25. The predicted octanol–water partition coefficient (Wildman–Crippen LogP) is 14.0. The fourth-order valence-electron chi connectivity index (χ4n) is 9.25. The van der Waals surface area contributed by atoms with Crippen molar-refractivity contribution in [1.29, 1.82) is 0 Å². The Morgan fingerprint density at radius 3 is 1.15 bits per heavy atom. The van der Waals surface area contributed by atoms with Crippen molar-refractivity contribution in [3.8, 4) is 0 Å². The third kappa shape index (κ3) is 33.9. The van der Waals surface area contributed by atoms with E-state index < -0.39 is 0 Å². The van der Waals surface area contributed by atoms with Gasteiger partial charge < -0.3 is 20.0 Å². The number of hydrogen-bond donors (Lipinski definition) is 1. The van der Waals surface area contributed by atoms with Crippen LogP contribution in [0, 0.1) is 0 Å². The van der Waals surface area contributed by atoms with E-state index in [1.165, 1.54) is 219 Å². The summed E-state index contributed by atoms with van der Waals surface area (Å²) in [5.41, 5.74) is 0. The monoisotopic (exact) mass is 860 g/mol. The number of piperazine rings is 1. The van der Waals surface area contributed by atoms with Crippen molar-refractivity contribution < 1.29 is 9.59 Å². The molecule has 362 valence electrons. The summed E-state index contributed by atoms with van der Waals surface area (Å²) in [4.78, 5) is 37.4. The third-order valence-corrected chi connectivity index (χ3v) is 13.6.